The molecule has 1 amide bonds. The number of benzene rings is 1. The molecule has 2 saturated heterocycles. The fourth-order valence-electron chi connectivity index (χ4n) is 5.90. The maximum Gasteiger partial charge on any atom is 0.573 e. The lowest BCUT2D eigenvalue weighted by Crippen LogP contribution is -2.48. The molecule has 0 aliphatic carbocycles. The van der Waals surface area contributed by atoms with Crippen molar-refractivity contribution in [2.75, 3.05) is 32.8 Å². The zero-order chi connectivity index (χ0) is 26.4. The van der Waals surface area contributed by atoms with Crippen LogP contribution in [0.1, 0.15) is 52.4 Å². The molecule has 202 valence electrons. The van der Waals surface area contributed by atoms with Crippen molar-refractivity contribution in [3.05, 3.63) is 58.7 Å². The van der Waals surface area contributed by atoms with Gasteiger partial charge in [-0.15, -0.1) is 13.2 Å². The van der Waals surface area contributed by atoms with Gasteiger partial charge in [-0.25, -0.2) is 9.37 Å². The van der Waals surface area contributed by atoms with Crippen LogP contribution in [0.15, 0.2) is 30.5 Å². The number of hydrogen-bond acceptors (Lipinski definition) is 5. The first-order valence-corrected chi connectivity index (χ1v) is 12.9. The molecule has 7 nitrogen and oxygen atoms in total. The number of aryl methyl sites for hydroxylation is 1. The SMILES string of the molecule is O=C(c1ccc(OC(F)(F)F)cc1)N1CCC(c2c(F)cnc3[nH]c4c(c23)CN(C2COC2)CCC4)CC1. The molecule has 0 bridgehead atoms. The number of halogens is 4. The van der Waals surface area contributed by atoms with Gasteiger partial charge in [-0.2, -0.15) is 0 Å². The van der Waals surface area contributed by atoms with Gasteiger partial charge in [0.15, 0.2) is 0 Å². The Morgan fingerprint density at radius 3 is 2.50 bits per heavy atom. The van der Waals surface area contributed by atoms with Crippen molar-refractivity contribution in [3.8, 4) is 5.75 Å². The number of piperidine rings is 1. The van der Waals surface area contributed by atoms with Crippen LogP contribution < -0.4 is 4.74 Å². The first-order valence-electron chi connectivity index (χ1n) is 12.9. The number of aromatic nitrogens is 2. The van der Waals surface area contributed by atoms with E-state index in [-0.39, 0.29) is 29.0 Å². The van der Waals surface area contributed by atoms with Crippen LogP contribution in [0.2, 0.25) is 0 Å². The van der Waals surface area contributed by atoms with E-state index in [0.717, 1.165) is 67.9 Å². The number of nitrogens with one attached hydrogen (secondary N) is 1. The zero-order valence-electron chi connectivity index (χ0n) is 20.7. The lowest BCUT2D eigenvalue weighted by Gasteiger charge is -2.37. The van der Waals surface area contributed by atoms with Crippen LogP contribution in [0.25, 0.3) is 11.0 Å². The first kappa shape index (κ1) is 25.1. The van der Waals surface area contributed by atoms with Crippen molar-refractivity contribution in [1.29, 1.82) is 0 Å². The van der Waals surface area contributed by atoms with Crippen molar-refractivity contribution < 1.29 is 31.8 Å². The number of pyridine rings is 1. The van der Waals surface area contributed by atoms with Crippen LogP contribution in [0.4, 0.5) is 17.6 Å². The van der Waals surface area contributed by atoms with Gasteiger partial charge in [0.2, 0.25) is 0 Å². The second kappa shape index (κ2) is 9.85. The summed E-state index contributed by atoms with van der Waals surface area (Å²) in [5.41, 5.74) is 3.89. The highest BCUT2D eigenvalue weighted by Gasteiger charge is 2.34. The van der Waals surface area contributed by atoms with Crippen LogP contribution in [0.3, 0.4) is 0 Å². The number of carbonyl (C=O) groups is 1. The van der Waals surface area contributed by atoms with E-state index in [1.807, 2.05) is 0 Å². The molecule has 0 atom stereocenters. The molecule has 0 spiro atoms. The zero-order valence-corrected chi connectivity index (χ0v) is 20.7. The summed E-state index contributed by atoms with van der Waals surface area (Å²) in [7, 11) is 0. The van der Waals surface area contributed by atoms with Crippen molar-refractivity contribution in [2.45, 2.75) is 50.6 Å². The molecule has 5 heterocycles. The minimum Gasteiger partial charge on any atom is -0.406 e. The van der Waals surface area contributed by atoms with Crippen LogP contribution in [-0.2, 0) is 17.7 Å². The summed E-state index contributed by atoms with van der Waals surface area (Å²) in [6.07, 6.45) is -0.446. The molecule has 11 heteroatoms. The number of carbonyl (C=O) groups excluding carboxylic acids is 1. The van der Waals surface area contributed by atoms with E-state index in [0.29, 0.717) is 43.2 Å². The molecule has 2 aromatic heterocycles. The monoisotopic (exact) mass is 532 g/mol. The van der Waals surface area contributed by atoms with E-state index in [9.17, 15) is 18.0 Å². The molecule has 1 aromatic carbocycles. The van der Waals surface area contributed by atoms with E-state index in [4.69, 9.17) is 4.74 Å². The third kappa shape index (κ3) is 4.84. The summed E-state index contributed by atoms with van der Waals surface area (Å²) >= 11 is 0. The molecular weight excluding hydrogens is 504 g/mol. The maximum absolute atomic E-state index is 15.4. The van der Waals surface area contributed by atoms with Crippen LogP contribution in [0.5, 0.6) is 5.75 Å². The molecule has 2 fully saturated rings. The van der Waals surface area contributed by atoms with Gasteiger partial charge in [0.25, 0.3) is 5.91 Å². The summed E-state index contributed by atoms with van der Waals surface area (Å²) in [4.78, 5) is 24.9. The van der Waals surface area contributed by atoms with Crippen LogP contribution >= 0.6 is 0 Å². The van der Waals surface area contributed by atoms with E-state index in [2.05, 4.69) is 19.6 Å². The first-order chi connectivity index (χ1) is 18.3. The van der Waals surface area contributed by atoms with Gasteiger partial charge in [0.1, 0.15) is 17.2 Å². The molecule has 0 unspecified atom stereocenters. The highest BCUT2D eigenvalue weighted by atomic mass is 19.4. The molecule has 6 rings (SSSR count). The Morgan fingerprint density at radius 2 is 1.84 bits per heavy atom. The van der Waals surface area contributed by atoms with Gasteiger partial charge in [0, 0.05) is 41.8 Å². The van der Waals surface area contributed by atoms with Crippen LogP contribution in [-0.4, -0.2) is 70.9 Å². The number of alkyl halides is 3. The number of likely N-dealkylation sites (tertiary alicyclic amines) is 1. The highest BCUT2D eigenvalue weighted by Crippen LogP contribution is 2.39. The van der Waals surface area contributed by atoms with Crippen LogP contribution in [0, 0.1) is 5.82 Å². The summed E-state index contributed by atoms with van der Waals surface area (Å²) in [5.74, 6) is -1.04. The van der Waals surface area contributed by atoms with E-state index in [1.54, 1.807) is 4.90 Å². The molecule has 3 aliphatic heterocycles. The van der Waals surface area contributed by atoms with Gasteiger partial charge in [-0.3, -0.25) is 9.69 Å². The third-order valence-electron chi connectivity index (χ3n) is 7.90. The average Bonchev–Trinajstić information content (AvgIpc) is 3.06. The highest BCUT2D eigenvalue weighted by molar-refractivity contribution is 5.94. The number of rotatable bonds is 4. The molecule has 0 saturated carbocycles. The number of fused-ring (bicyclic) bond motifs is 3. The summed E-state index contributed by atoms with van der Waals surface area (Å²) in [6, 6.07) is 5.31. The number of aromatic amines is 1. The number of amides is 1. The summed E-state index contributed by atoms with van der Waals surface area (Å²) < 4.78 is 61.9. The largest absolute Gasteiger partial charge is 0.573 e. The maximum atomic E-state index is 15.4. The Bertz CT molecular complexity index is 1330. The Labute approximate surface area is 216 Å². The van der Waals surface area contributed by atoms with Gasteiger partial charge < -0.3 is 19.4 Å². The number of hydrogen-bond donors (Lipinski definition) is 1. The fourth-order valence-corrected chi connectivity index (χ4v) is 5.90. The average molecular weight is 533 g/mol. The quantitative estimate of drug-likeness (QED) is 0.491. The Balaban J connectivity index is 1.20. The standard InChI is InChI=1S/C27H28F4N4O3/c28-21-12-32-25-24(20-13-35(18-14-37-15-18)9-1-2-22(20)33-25)23(21)16-7-10-34(11-8-16)26(36)17-3-5-19(6-4-17)38-27(29,30)31/h3-6,12,16,18H,1-2,7-11,13-15H2,(H,32,33). The van der Waals surface area contributed by atoms with E-state index < -0.39 is 6.36 Å². The second-order valence-electron chi connectivity index (χ2n) is 10.2. The van der Waals surface area contributed by atoms with Gasteiger partial charge in [0.05, 0.1) is 25.5 Å². The topological polar surface area (TPSA) is 70.7 Å². The normalized spacial score (nSPS) is 19.7. The summed E-state index contributed by atoms with van der Waals surface area (Å²) in [5, 5.41) is 0.872. The van der Waals surface area contributed by atoms with Crippen molar-refractivity contribution >= 4 is 16.9 Å². The van der Waals surface area contributed by atoms with Gasteiger partial charge in [-0.1, -0.05) is 0 Å². The second-order valence-corrected chi connectivity index (χ2v) is 10.2. The Kier molecular flexibility index (Phi) is 6.51. The molecule has 3 aromatic rings. The molecular formula is C27H28F4N4O3. The number of nitrogens with zero attached hydrogens (tertiary/aromatic N) is 3. The third-order valence-corrected chi connectivity index (χ3v) is 7.90. The fraction of sp³-hybridized carbons (Fsp3) is 0.481. The molecule has 3 aliphatic rings. The molecule has 0 radical (unpaired) electrons. The molecule has 38 heavy (non-hydrogen) atoms. The van der Waals surface area contributed by atoms with Gasteiger partial charge >= 0.3 is 6.36 Å². The molecule has 1 N–H and O–H groups in total. The lowest BCUT2D eigenvalue weighted by atomic mass is 9.86. The van der Waals surface area contributed by atoms with Crippen molar-refractivity contribution in [2.24, 2.45) is 0 Å². The minimum atomic E-state index is -4.79. The van der Waals surface area contributed by atoms with Crippen molar-refractivity contribution in [1.82, 2.24) is 19.8 Å². The lowest BCUT2D eigenvalue weighted by molar-refractivity contribution is -0.274. The van der Waals surface area contributed by atoms with Crippen molar-refractivity contribution in [3.63, 3.8) is 0 Å². The smallest absolute Gasteiger partial charge is 0.406 e. The number of H-pyrrole nitrogens is 1. The summed E-state index contributed by atoms with van der Waals surface area (Å²) in [6.45, 7) is 3.99. The Hall–Kier alpha value is -3.18. The number of ether oxygens (including phenoxy) is 2. The predicted octanol–water partition coefficient (Wildman–Crippen LogP) is 4.77. The minimum absolute atomic E-state index is 0.0734. The predicted molar refractivity (Wildman–Crippen MR) is 130 cm³/mol. The van der Waals surface area contributed by atoms with Gasteiger partial charge in [-0.05, 0) is 68.0 Å². The van der Waals surface area contributed by atoms with E-state index in [1.165, 1.54) is 18.3 Å². The Morgan fingerprint density at radius 1 is 1.11 bits per heavy atom. The van der Waals surface area contributed by atoms with E-state index >= 15 is 4.39 Å².